The molecule has 0 spiro atoms. The Bertz CT molecular complexity index is 1710. The lowest BCUT2D eigenvalue weighted by molar-refractivity contribution is 0.355. The van der Waals surface area contributed by atoms with Crippen LogP contribution >= 0.6 is 0 Å². The molecule has 0 aliphatic heterocycles. The van der Waals surface area contributed by atoms with Crippen molar-refractivity contribution in [2.75, 3.05) is 28.4 Å². The second kappa shape index (κ2) is 12.1. The van der Waals surface area contributed by atoms with E-state index in [-0.39, 0.29) is 0 Å². The van der Waals surface area contributed by atoms with E-state index in [0.29, 0.717) is 46.6 Å². The summed E-state index contributed by atoms with van der Waals surface area (Å²) in [5.41, 5.74) is 5.44. The number of rotatable bonds is 10. The molecule has 0 aliphatic rings. The Morgan fingerprint density at radius 1 is 0.419 bits per heavy atom. The van der Waals surface area contributed by atoms with Crippen LogP contribution in [0, 0.1) is 0 Å². The predicted molar refractivity (Wildman–Crippen MR) is 159 cm³/mol. The maximum absolute atomic E-state index is 5.94. The molecule has 0 amide bonds. The van der Waals surface area contributed by atoms with Crippen LogP contribution in [0.4, 0.5) is 0 Å². The molecule has 6 rings (SSSR count). The lowest BCUT2D eigenvalue weighted by Gasteiger charge is -2.07. The van der Waals surface area contributed by atoms with Crippen molar-refractivity contribution in [1.29, 1.82) is 0 Å². The average Bonchev–Trinajstić information content (AvgIpc) is 3.76. The molecule has 0 radical (unpaired) electrons. The van der Waals surface area contributed by atoms with E-state index in [0.717, 1.165) is 39.8 Å². The van der Waals surface area contributed by atoms with Gasteiger partial charge in [0.05, 0.1) is 28.4 Å². The Labute approximate surface area is 247 Å². The summed E-state index contributed by atoms with van der Waals surface area (Å²) in [6.07, 6.45) is 0.752. The van der Waals surface area contributed by atoms with Gasteiger partial charge in [0, 0.05) is 22.3 Å². The molecule has 0 saturated carbocycles. The van der Waals surface area contributed by atoms with Crippen LogP contribution in [0.5, 0.6) is 23.0 Å². The lowest BCUT2D eigenvalue weighted by atomic mass is 10.0. The number of aromatic nitrogens is 4. The molecule has 0 fully saturated rings. The second-order valence-electron chi connectivity index (χ2n) is 9.53. The quantitative estimate of drug-likeness (QED) is 0.173. The largest absolute Gasteiger partial charge is 0.493 e. The van der Waals surface area contributed by atoms with Gasteiger partial charge in [-0.2, -0.15) is 0 Å². The summed E-state index contributed by atoms with van der Waals surface area (Å²) in [5.74, 6) is 4.12. The molecule has 2 heterocycles. The van der Waals surface area contributed by atoms with Crippen molar-refractivity contribution < 1.29 is 27.8 Å². The van der Waals surface area contributed by atoms with Crippen LogP contribution in [-0.4, -0.2) is 48.8 Å². The Morgan fingerprint density at radius 3 is 1.09 bits per heavy atom. The van der Waals surface area contributed by atoms with E-state index in [1.54, 1.807) is 52.7 Å². The van der Waals surface area contributed by atoms with Crippen molar-refractivity contribution in [3.05, 3.63) is 96.1 Å². The summed E-state index contributed by atoms with van der Waals surface area (Å²) in [6, 6.07) is 27.0. The summed E-state index contributed by atoms with van der Waals surface area (Å²) in [5, 5.41) is 16.9. The topological polar surface area (TPSA) is 115 Å². The number of nitrogens with zero attached hydrogens (tertiary/aromatic N) is 4. The highest BCUT2D eigenvalue weighted by atomic mass is 16.5. The van der Waals surface area contributed by atoms with Crippen molar-refractivity contribution in [2.24, 2.45) is 0 Å². The zero-order chi connectivity index (χ0) is 29.8. The van der Waals surface area contributed by atoms with Gasteiger partial charge in [-0.05, 0) is 78.2 Å². The van der Waals surface area contributed by atoms with Gasteiger partial charge in [0.1, 0.15) is 0 Å². The first kappa shape index (κ1) is 27.5. The van der Waals surface area contributed by atoms with Crippen molar-refractivity contribution in [3.8, 4) is 68.8 Å². The highest BCUT2D eigenvalue weighted by Crippen LogP contribution is 2.34. The first-order valence-electron chi connectivity index (χ1n) is 13.4. The SMILES string of the molecule is COc1ccc(-c2nnc(-c3ccc(Cc4ccc(-c5nnc(-c6ccc(OC)c(OC)c6)o5)cc4)cc3)o2)cc1OC. The minimum atomic E-state index is 0.400. The van der Waals surface area contributed by atoms with E-state index in [1.165, 1.54) is 0 Å². The zero-order valence-electron chi connectivity index (χ0n) is 24.0. The third kappa shape index (κ3) is 5.76. The van der Waals surface area contributed by atoms with Gasteiger partial charge in [0.15, 0.2) is 23.0 Å². The molecule has 216 valence electrons. The van der Waals surface area contributed by atoms with Crippen LogP contribution < -0.4 is 18.9 Å². The minimum Gasteiger partial charge on any atom is -0.493 e. The third-order valence-corrected chi connectivity index (χ3v) is 6.92. The molecule has 0 unspecified atom stereocenters. The van der Waals surface area contributed by atoms with Gasteiger partial charge < -0.3 is 27.8 Å². The molecule has 0 aliphatic carbocycles. The molecule has 0 saturated heterocycles. The average molecular weight is 577 g/mol. The van der Waals surface area contributed by atoms with E-state index in [1.807, 2.05) is 36.4 Å². The summed E-state index contributed by atoms with van der Waals surface area (Å²) >= 11 is 0. The van der Waals surface area contributed by atoms with Crippen LogP contribution in [0.3, 0.4) is 0 Å². The molecule has 4 aromatic carbocycles. The van der Waals surface area contributed by atoms with Gasteiger partial charge in [-0.1, -0.05) is 24.3 Å². The summed E-state index contributed by atoms with van der Waals surface area (Å²) < 4.78 is 33.3. The van der Waals surface area contributed by atoms with Crippen molar-refractivity contribution in [2.45, 2.75) is 6.42 Å². The first-order chi connectivity index (χ1) is 21.1. The van der Waals surface area contributed by atoms with Crippen molar-refractivity contribution in [3.63, 3.8) is 0 Å². The minimum absolute atomic E-state index is 0.400. The molecule has 0 N–H and O–H groups in total. The Hall–Kier alpha value is -5.64. The number of hydrogen-bond acceptors (Lipinski definition) is 10. The fourth-order valence-corrected chi connectivity index (χ4v) is 4.62. The van der Waals surface area contributed by atoms with Crippen LogP contribution in [0.1, 0.15) is 11.1 Å². The molecule has 10 nitrogen and oxygen atoms in total. The van der Waals surface area contributed by atoms with Gasteiger partial charge >= 0.3 is 0 Å². The van der Waals surface area contributed by atoms with Crippen molar-refractivity contribution in [1.82, 2.24) is 20.4 Å². The molecule has 0 atom stereocenters. The monoisotopic (exact) mass is 576 g/mol. The number of benzene rings is 4. The summed E-state index contributed by atoms with van der Waals surface area (Å²) in [7, 11) is 6.36. The van der Waals surface area contributed by atoms with Crippen LogP contribution in [0.2, 0.25) is 0 Å². The molecule has 6 aromatic rings. The summed E-state index contributed by atoms with van der Waals surface area (Å²) in [4.78, 5) is 0. The highest BCUT2D eigenvalue weighted by molar-refractivity contribution is 5.63. The zero-order valence-corrected chi connectivity index (χ0v) is 24.0. The summed E-state index contributed by atoms with van der Waals surface area (Å²) in [6.45, 7) is 0. The molecule has 10 heteroatoms. The predicted octanol–water partition coefficient (Wildman–Crippen LogP) is 6.75. The molecule has 43 heavy (non-hydrogen) atoms. The van der Waals surface area contributed by atoms with Gasteiger partial charge in [0.2, 0.25) is 23.6 Å². The Morgan fingerprint density at radius 2 is 0.744 bits per heavy atom. The molecule has 0 bridgehead atoms. The standard InChI is InChI=1S/C33H28N4O6/c1-38-26-15-13-24(18-28(26)40-3)32-36-34-30(42-32)22-9-5-20(6-10-22)17-21-7-11-23(12-8-21)31-35-37-33(43-31)25-14-16-27(39-2)29(19-25)41-4/h5-16,18-19H,17H2,1-4H3. The maximum atomic E-state index is 5.94. The van der Waals surface area contributed by atoms with E-state index in [9.17, 15) is 0 Å². The smallest absolute Gasteiger partial charge is 0.248 e. The molecular formula is C33H28N4O6. The Kier molecular flexibility index (Phi) is 7.73. The van der Waals surface area contributed by atoms with Gasteiger partial charge in [-0.3, -0.25) is 0 Å². The fraction of sp³-hybridized carbons (Fsp3) is 0.152. The van der Waals surface area contributed by atoms with Gasteiger partial charge in [0.25, 0.3) is 0 Å². The second-order valence-corrected chi connectivity index (χ2v) is 9.53. The van der Waals surface area contributed by atoms with E-state index < -0.39 is 0 Å². The molecular weight excluding hydrogens is 548 g/mol. The van der Waals surface area contributed by atoms with E-state index >= 15 is 0 Å². The van der Waals surface area contributed by atoms with Crippen molar-refractivity contribution >= 4 is 0 Å². The van der Waals surface area contributed by atoms with Crippen LogP contribution in [0.15, 0.2) is 93.8 Å². The van der Waals surface area contributed by atoms with Crippen LogP contribution in [0.25, 0.3) is 45.8 Å². The number of hydrogen-bond donors (Lipinski definition) is 0. The third-order valence-electron chi connectivity index (χ3n) is 6.92. The Balaban J connectivity index is 1.12. The van der Waals surface area contributed by atoms with Crippen LogP contribution in [-0.2, 0) is 6.42 Å². The number of ether oxygens (including phenoxy) is 4. The van der Waals surface area contributed by atoms with E-state index in [2.05, 4.69) is 44.7 Å². The highest BCUT2D eigenvalue weighted by Gasteiger charge is 2.15. The first-order valence-corrected chi connectivity index (χ1v) is 13.4. The maximum Gasteiger partial charge on any atom is 0.248 e. The van der Waals surface area contributed by atoms with Gasteiger partial charge in [-0.15, -0.1) is 20.4 Å². The number of methoxy groups -OCH3 is 4. The normalized spacial score (nSPS) is 10.9. The molecule has 2 aromatic heterocycles. The van der Waals surface area contributed by atoms with E-state index in [4.69, 9.17) is 27.8 Å². The fourth-order valence-electron chi connectivity index (χ4n) is 4.62. The van der Waals surface area contributed by atoms with Gasteiger partial charge in [-0.25, -0.2) is 0 Å². The lowest BCUT2D eigenvalue weighted by Crippen LogP contribution is -1.90.